The maximum atomic E-state index is 10.7. The number of hydrogen-bond donors (Lipinski definition) is 1. The molecule has 0 aromatic heterocycles. The van der Waals surface area contributed by atoms with Crippen LogP contribution in [-0.2, 0) is 0 Å². The molecule has 1 aromatic carbocycles. The van der Waals surface area contributed by atoms with Gasteiger partial charge in [-0.3, -0.25) is 10.1 Å². The zero-order valence-corrected chi connectivity index (χ0v) is 12.3. The highest BCUT2D eigenvalue weighted by atomic mass is 16.6. The molecule has 1 heterocycles. The maximum Gasteiger partial charge on any atom is 0.273 e. The van der Waals surface area contributed by atoms with Gasteiger partial charge in [-0.15, -0.1) is 0 Å². The molecule has 1 aliphatic heterocycles. The minimum absolute atomic E-state index is 0.00622. The standard InChI is InChI=1S/C15H23N3O3/c16-14-7-6-13(18(19)20)12-15(14)21-11-5-10-17-8-3-1-2-4-9-17/h6-7,12H,1-5,8-11,16H2. The van der Waals surface area contributed by atoms with E-state index in [4.69, 9.17) is 10.5 Å². The van der Waals surface area contributed by atoms with Crippen molar-refractivity contribution in [1.29, 1.82) is 0 Å². The zero-order valence-electron chi connectivity index (χ0n) is 12.3. The predicted octanol–water partition coefficient (Wildman–Crippen LogP) is 2.82. The van der Waals surface area contributed by atoms with E-state index in [-0.39, 0.29) is 5.69 Å². The normalized spacial score (nSPS) is 16.4. The summed E-state index contributed by atoms with van der Waals surface area (Å²) >= 11 is 0. The van der Waals surface area contributed by atoms with E-state index in [1.165, 1.54) is 57.0 Å². The molecular formula is C15H23N3O3. The van der Waals surface area contributed by atoms with E-state index < -0.39 is 4.92 Å². The molecule has 0 bridgehead atoms. The quantitative estimate of drug-likeness (QED) is 0.377. The molecule has 0 radical (unpaired) electrons. The number of nitro benzene ring substituents is 1. The lowest BCUT2D eigenvalue weighted by molar-refractivity contribution is -0.384. The molecule has 2 rings (SSSR count). The fraction of sp³-hybridized carbons (Fsp3) is 0.600. The highest BCUT2D eigenvalue weighted by molar-refractivity contribution is 5.57. The smallest absolute Gasteiger partial charge is 0.273 e. The third-order valence-electron chi connectivity index (χ3n) is 3.78. The Morgan fingerprint density at radius 2 is 1.95 bits per heavy atom. The van der Waals surface area contributed by atoms with Gasteiger partial charge in [0.25, 0.3) is 5.69 Å². The van der Waals surface area contributed by atoms with E-state index in [0.29, 0.717) is 18.0 Å². The van der Waals surface area contributed by atoms with Crippen molar-refractivity contribution in [1.82, 2.24) is 4.90 Å². The maximum absolute atomic E-state index is 10.7. The number of rotatable bonds is 6. The number of ether oxygens (including phenoxy) is 1. The Balaban J connectivity index is 1.77. The van der Waals surface area contributed by atoms with Crippen LogP contribution in [0.5, 0.6) is 5.75 Å². The molecule has 116 valence electrons. The average molecular weight is 293 g/mol. The van der Waals surface area contributed by atoms with Crippen molar-refractivity contribution in [2.75, 3.05) is 32.0 Å². The van der Waals surface area contributed by atoms with E-state index >= 15 is 0 Å². The van der Waals surface area contributed by atoms with E-state index in [2.05, 4.69) is 4.90 Å². The summed E-state index contributed by atoms with van der Waals surface area (Å²) in [6.45, 7) is 3.87. The Kier molecular flexibility index (Phi) is 5.80. The van der Waals surface area contributed by atoms with E-state index in [1.807, 2.05) is 0 Å². The summed E-state index contributed by atoms with van der Waals surface area (Å²) in [4.78, 5) is 12.8. The minimum atomic E-state index is -0.441. The summed E-state index contributed by atoms with van der Waals surface area (Å²) in [6, 6.07) is 4.29. The molecule has 1 aliphatic rings. The van der Waals surface area contributed by atoms with E-state index in [9.17, 15) is 10.1 Å². The molecule has 0 atom stereocenters. The molecule has 1 saturated heterocycles. The summed E-state index contributed by atoms with van der Waals surface area (Å²) in [6.07, 6.45) is 6.12. The van der Waals surface area contributed by atoms with Gasteiger partial charge < -0.3 is 15.4 Å². The molecule has 1 fully saturated rings. The zero-order chi connectivity index (χ0) is 15.1. The number of benzene rings is 1. The number of hydrogen-bond acceptors (Lipinski definition) is 5. The number of anilines is 1. The second-order valence-corrected chi connectivity index (χ2v) is 5.44. The summed E-state index contributed by atoms with van der Waals surface area (Å²) in [5.41, 5.74) is 6.22. The minimum Gasteiger partial charge on any atom is -0.491 e. The van der Waals surface area contributed by atoms with Gasteiger partial charge in [0.15, 0.2) is 0 Å². The van der Waals surface area contributed by atoms with Crippen molar-refractivity contribution in [3.63, 3.8) is 0 Å². The lowest BCUT2D eigenvalue weighted by atomic mass is 10.2. The molecule has 6 nitrogen and oxygen atoms in total. The molecule has 0 amide bonds. The van der Waals surface area contributed by atoms with Crippen LogP contribution in [0, 0.1) is 10.1 Å². The molecular weight excluding hydrogens is 270 g/mol. The first-order chi connectivity index (χ1) is 10.2. The first kappa shape index (κ1) is 15.6. The third kappa shape index (κ3) is 4.90. The number of nitrogens with two attached hydrogens (primary N) is 1. The number of likely N-dealkylation sites (tertiary alicyclic amines) is 1. The number of nitrogens with zero attached hydrogens (tertiary/aromatic N) is 2. The number of nitro groups is 1. The van der Waals surface area contributed by atoms with Gasteiger partial charge in [-0.1, -0.05) is 12.8 Å². The molecule has 0 saturated carbocycles. The molecule has 6 heteroatoms. The Bertz CT molecular complexity index is 471. The van der Waals surface area contributed by atoms with Crippen LogP contribution in [0.2, 0.25) is 0 Å². The fourth-order valence-corrected chi connectivity index (χ4v) is 2.59. The van der Waals surface area contributed by atoms with Gasteiger partial charge in [0.05, 0.1) is 23.3 Å². The van der Waals surface area contributed by atoms with Crippen LogP contribution in [-0.4, -0.2) is 36.1 Å². The Morgan fingerprint density at radius 3 is 2.62 bits per heavy atom. The van der Waals surface area contributed by atoms with E-state index in [1.54, 1.807) is 0 Å². The second-order valence-electron chi connectivity index (χ2n) is 5.44. The fourth-order valence-electron chi connectivity index (χ4n) is 2.59. The number of nitrogen functional groups attached to an aromatic ring is 1. The predicted molar refractivity (Wildman–Crippen MR) is 82.5 cm³/mol. The highest BCUT2D eigenvalue weighted by Gasteiger charge is 2.11. The third-order valence-corrected chi connectivity index (χ3v) is 3.78. The molecule has 0 unspecified atom stereocenters. The van der Waals surface area contributed by atoms with Gasteiger partial charge in [0.1, 0.15) is 5.75 Å². The lowest BCUT2D eigenvalue weighted by Crippen LogP contribution is -2.26. The highest BCUT2D eigenvalue weighted by Crippen LogP contribution is 2.26. The largest absolute Gasteiger partial charge is 0.491 e. The van der Waals surface area contributed by atoms with Crippen molar-refractivity contribution in [3.05, 3.63) is 28.3 Å². The van der Waals surface area contributed by atoms with Crippen LogP contribution in [0.4, 0.5) is 11.4 Å². The Hall–Kier alpha value is -1.82. The summed E-state index contributed by atoms with van der Waals surface area (Å²) in [5, 5.41) is 10.7. The van der Waals surface area contributed by atoms with Crippen LogP contribution in [0.25, 0.3) is 0 Å². The molecule has 0 spiro atoms. The van der Waals surface area contributed by atoms with Gasteiger partial charge in [-0.25, -0.2) is 0 Å². The van der Waals surface area contributed by atoms with Crippen LogP contribution >= 0.6 is 0 Å². The van der Waals surface area contributed by atoms with E-state index in [0.717, 1.165) is 13.0 Å². The van der Waals surface area contributed by atoms with Gasteiger partial charge >= 0.3 is 0 Å². The van der Waals surface area contributed by atoms with Crippen LogP contribution in [0.15, 0.2) is 18.2 Å². The van der Waals surface area contributed by atoms with Crippen LogP contribution in [0.3, 0.4) is 0 Å². The van der Waals surface area contributed by atoms with Gasteiger partial charge in [-0.05, 0) is 38.4 Å². The van der Waals surface area contributed by atoms with Crippen molar-refractivity contribution in [3.8, 4) is 5.75 Å². The van der Waals surface area contributed by atoms with Gasteiger partial charge in [0.2, 0.25) is 0 Å². The van der Waals surface area contributed by atoms with Crippen molar-refractivity contribution >= 4 is 11.4 Å². The molecule has 0 aliphatic carbocycles. The topological polar surface area (TPSA) is 81.6 Å². The van der Waals surface area contributed by atoms with Crippen molar-refractivity contribution in [2.24, 2.45) is 0 Å². The molecule has 1 aromatic rings. The second kappa shape index (κ2) is 7.83. The van der Waals surface area contributed by atoms with Crippen molar-refractivity contribution < 1.29 is 9.66 Å². The van der Waals surface area contributed by atoms with Crippen LogP contribution in [0.1, 0.15) is 32.1 Å². The monoisotopic (exact) mass is 293 g/mol. The lowest BCUT2D eigenvalue weighted by Gasteiger charge is -2.19. The summed E-state index contributed by atoms with van der Waals surface area (Å²) < 4.78 is 5.59. The average Bonchev–Trinajstić information content (AvgIpc) is 2.73. The van der Waals surface area contributed by atoms with Gasteiger partial charge in [-0.2, -0.15) is 0 Å². The number of non-ortho nitro benzene ring substituents is 1. The Labute approximate surface area is 125 Å². The molecule has 2 N–H and O–H groups in total. The summed E-state index contributed by atoms with van der Waals surface area (Å²) in [7, 11) is 0. The van der Waals surface area contributed by atoms with Gasteiger partial charge in [0, 0.05) is 12.6 Å². The molecule has 21 heavy (non-hydrogen) atoms. The van der Waals surface area contributed by atoms with Crippen LogP contribution < -0.4 is 10.5 Å². The first-order valence-corrected chi connectivity index (χ1v) is 7.56. The van der Waals surface area contributed by atoms with Crippen molar-refractivity contribution in [2.45, 2.75) is 32.1 Å². The first-order valence-electron chi connectivity index (χ1n) is 7.56. The SMILES string of the molecule is Nc1ccc([N+](=O)[O-])cc1OCCCN1CCCCCC1. The summed E-state index contributed by atoms with van der Waals surface area (Å²) in [5.74, 6) is 0.403. The Morgan fingerprint density at radius 1 is 1.24 bits per heavy atom.